The molecule has 124 valence electrons. The third kappa shape index (κ3) is 3.60. The molecule has 0 saturated heterocycles. The molecule has 0 bridgehead atoms. The van der Waals surface area contributed by atoms with Crippen molar-refractivity contribution in [2.75, 3.05) is 4.72 Å². The zero-order valence-corrected chi connectivity index (χ0v) is 14.3. The van der Waals surface area contributed by atoms with Gasteiger partial charge in [-0.2, -0.15) is 0 Å². The summed E-state index contributed by atoms with van der Waals surface area (Å²) in [6.45, 7) is 0. The Morgan fingerprint density at radius 1 is 1.12 bits per heavy atom. The van der Waals surface area contributed by atoms with Crippen molar-refractivity contribution in [1.29, 1.82) is 0 Å². The van der Waals surface area contributed by atoms with Crippen molar-refractivity contribution >= 4 is 27.5 Å². The van der Waals surface area contributed by atoms with E-state index < -0.39 is 15.8 Å². The lowest BCUT2D eigenvalue weighted by Crippen LogP contribution is -2.14. The summed E-state index contributed by atoms with van der Waals surface area (Å²) in [4.78, 5) is 4.75. The van der Waals surface area contributed by atoms with Crippen LogP contribution in [0.15, 0.2) is 75.9 Å². The zero-order chi connectivity index (χ0) is 17.2. The molecule has 0 spiro atoms. The summed E-state index contributed by atoms with van der Waals surface area (Å²) in [6.07, 6.45) is 3.55. The first-order valence-electron chi connectivity index (χ1n) is 6.98. The highest BCUT2D eigenvalue weighted by Gasteiger charge is 2.18. The molecule has 0 aliphatic rings. The summed E-state index contributed by atoms with van der Waals surface area (Å²) < 4.78 is 42.4. The van der Waals surface area contributed by atoms with E-state index >= 15 is 0 Å². The molecule has 8 heteroatoms. The minimum absolute atomic E-state index is 0.363. The lowest BCUT2D eigenvalue weighted by atomic mass is 10.3. The number of hydrogen-bond acceptors (Lipinski definition) is 4. The number of nitrogens with zero attached hydrogens (tertiary/aromatic N) is 2. The number of sulfonamides is 1. The lowest BCUT2D eigenvalue weighted by Gasteiger charge is -2.09. The fourth-order valence-electron chi connectivity index (χ4n) is 2.02. The molecule has 0 amide bonds. The molecule has 0 saturated carbocycles. The number of anilines is 1. The maximum atomic E-state index is 13.7. The quantitative estimate of drug-likeness (QED) is 0.753. The van der Waals surface area contributed by atoms with Crippen molar-refractivity contribution in [3.05, 3.63) is 66.7 Å². The van der Waals surface area contributed by atoms with E-state index in [1.807, 2.05) is 17.8 Å². The van der Waals surface area contributed by atoms with Gasteiger partial charge in [-0.05, 0) is 36.4 Å². The van der Waals surface area contributed by atoms with Gasteiger partial charge in [0.25, 0.3) is 10.0 Å². The molecule has 24 heavy (non-hydrogen) atoms. The minimum Gasteiger partial charge on any atom is -0.329 e. The third-order valence-corrected chi connectivity index (χ3v) is 5.72. The molecule has 1 aromatic heterocycles. The highest BCUT2D eigenvalue weighted by Crippen LogP contribution is 2.27. The number of hydrogen-bond donors (Lipinski definition) is 1. The van der Waals surface area contributed by atoms with E-state index in [1.165, 1.54) is 30.0 Å². The molecule has 5 nitrogen and oxygen atoms in total. The Balaban J connectivity index is 1.77. The Labute approximate surface area is 143 Å². The van der Waals surface area contributed by atoms with Crippen LogP contribution in [0.3, 0.4) is 0 Å². The van der Waals surface area contributed by atoms with Crippen molar-refractivity contribution in [2.24, 2.45) is 7.05 Å². The minimum atomic E-state index is -3.96. The van der Waals surface area contributed by atoms with Crippen molar-refractivity contribution in [2.45, 2.75) is 14.9 Å². The van der Waals surface area contributed by atoms with Gasteiger partial charge in [0.15, 0.2) is 5.16 Å². The van der Waals surface area contributed by atoms with E-state index in [2.05, 4.69) is 9.71 Å². The van der Waals surface area contributed by atoms with Crippen LogP contribution in [-0.4, -0.2) is 18.0 Å². The van der Waals surface area contributed by atoms with Crippen LogP contribution < -0.4 is 4.72 Å². The van der Waals surface area contributed by atoms with Gasteiger partial charge in [-0.3, -0.25) is 4.72 Å². The van der Waals surface area contributed by atoms with Gasteiger partial charge in [0.2, 0.25) is 0 Å². The summed E-state index contributed by atoms with van der Waals surface area (Å²) in [5.74, 6) is -0.785. The number of halogens is 1. The smallest absolute Gasteiger partial charge is 0.264 e. The molecule has 0 radical (unpaired) electrons. The zero-order valence-electron chi connectivity index (χ0n) is 12.7. The van der Waals surface area contributed by atoms with E-state index in [1.54, 1.807) is 30.5 Å². The highest BCUT2D eigenvalue weighted by atomic mass is 32.2. The van der Waals surface area contributed by atoms with Crippen molar-refractivity contribution in [3.63, 3.8) is 0 Å². The molecule has 0 unspecified atom stereocenters. The van der Waals surface area contributed by atoms with E-state index in [4.69, 9.17) is 0 Å². The van der Waals surface area contributed by atoms with Crippen LogP contribution in [0.2, 0.25) is 0 Å². The number of imidazole rings is 1. The van der Waals surface area contributed by atoms with Crippen LogP contribution in [-0.2, 0) is 17.1 Å². The predicted molar refractivity (Wildman–Crippen MR) is 91.0 cm³/mol. The van der Waals surface area contributed by atoms with Crippen LogP contribution in [0.5, 0.6) is 0 Å². The molecule has 0 atom stereocenters. The van der Waals surface area contributed by atoms with Gasteiger partial charge in [-0.15, -0.1) is 0 Å². The number of aromatic nitrogens is 2. The lowest BCUT2D eigenvalue weighted by molar-refractivity contribution is 0.570. The van der Waals surface area contributed by atoms with Crippen molar-refractivity contribution < 1.29 is 12.8 Å². The fourth-order valence-corrected chi connectivity index (χ4v) is 3.96. The second-order valence-corrected chi connectivity index (χ2v) is 7.67. The van der Waals surface area contributed by atoms with Gasteiger partial charge in [0.1, 0.15) is 10.7 Å². The molecule has 1 heterocycles. The second-order valence-electron chi connectivity index (χ2n) is 4.98. The Bertz CT molecular complexity index is 953. The van der Waals surface area contributed by atoms with Gasteiger partial charge >= 0.3 is 0 Å². The summed E-state index contributed by atoms with van der Waals surface area (Å²) in [6, 6.07) is 12.1. The molecule has 0 fully saturated rings. The van der Waals surface area contributed by atoms with E-state index in [9.17, 15) is 12.8 Å². The number of benzene rings is 2. The van der Waals surface area contributed by atoms with Gasteiger partial charge in [-0.1, -0.05) is 23.9 Å². The Hall–Kier alpha value is -2.32. The Morgan fingerprint density at radius 2 is 1.83 bits per heavy atom. The average molecular weight is 363 g/mol. The topological polar surface area (TPSA) is 64.0 Å². The highest BCUT2D eigenvalue weighted by molar-refractivity contribution is 7.99. The molecule has 1 N–H and O–H groups in total. The van der Waals surface area contributed by atoms with Crippen LogP contribution >= 0.6 is 11.8 Å². The standard InChI is InChI=1S/C16H14FN3O2S2/c1-20-11-10-18-16(20)23-13-8-6-12(7-9-13)19-24(21,22)15-5-3-2-4-14(15)17/h2-11,19H,1H3. The number of rotatable bonds is 5. The van der Waals surface area contributed by atoms with Crippen molar-refractivity contribution in [1.82, 2.24) is 9.55 Å². The molecule has 2 aromatic carbocycles. The first-order valence-corrected chi connectivity index (χ1v) is 9.28. The summed E-state index contributed by atoms with van der Waals surface area (Å²) in [5.41, 5.74) is 0.363. The van der Waals surface area contributed by atoms with Gasteiger partial charge in [-0.25, -0.2) is 17.8 Å². The largest absolute Gasteiger partial charge is 0.329 e. The molecular weight excluding hydrogens is 349 g/mol. The first-order chi connectivity index (χ1) is 11.5. The molecule has 0 aliphatic heterocycles. The third-order valence-electron chi connectivity index (χ3n) is 3.22. The van der Waals surface area contributed by atoms with Crippen LogP contribution in [0, 0.1) is 5.82 Å². The maximum Gasteiger partial charge on any atom is 0.264 e. The average Bonchev–Trinajstić information content (AvgIpc) is 2.94. The predicted octanol–water partition coefficient (Wildman–Crippen LogP) is 3.51. The number of aryl methyl sites for hydroxylation is 1. The maximum absolute atomic E-state index is 13.7. The monoisotopic (exact) mass is 363 g/mol. The summed E-state index contributed by atoms with van der Waals surface area (Å²) >= 11 is 1.46. The van der Waals surface area contributed by atoms with Gasteiger partial charge < -0.3 is 4.57 Å². The molecule has 3 aromatic rings. The van der Waals surface area contributed by atoms with Crippen LogP contribution in [0.1, 0.15) is 0 Å². The van der Waals surface area contributed by atoms with Crippen LogP contribution in [0.4, 0.5) is 10.1 Å². The van der Waals surface area contributed by atoms with Gasteiger partial charge in [0, 0.05) is 30.0 Å². The second kappa shape index (κ2) is 6.66. The first kappa shape index (κ1) is 16.5. The van der Waals surface area contributed by atoms with Crippen LogP contribution in [0.25, 0.3) is 0 Å². The molecule has 0 aliphatic carbocycles. The molecular formula is C16H14FN3O2S2. The normalized spacial score (nSPS) is 11.4. The van der Waals surface area contributed by atoms with Gasteiger partial charge in [0.05, 0.1) is 0 Å². The van der Waals surface area contributed by atoms with Crippen molar-refractivity contribution in [3.8, 4) is 0 Å². The summed E-state index contributed by atoms with van der Waals surface area (Å²) in [5, 5.41) is 0.828. The molecule has 3 rings (SSSR count). The number of nitrogens with one attached hydrogen (secondary N) is 1. The SMILES string of the molecule is Cn1ccnc1Sc1ccc(NS(=O)(=O)c2ccccc2F)cc1. The fraction of sp³-hybridized carbons (Fsp3) is 0.0625. The summed E-state index contributed by atoms with van der Waals surface area (Å²) in [7, 11) is -2.07. The van der Waals surface area contributed by atoms with E-state index in [0.29, 0.717) is 5.69 Å². The Kier molecular flexibility index (Phi) is 4.59. The van der Waals surface area contributed by atoms with E-state index in [0.717, 1.165) is 16.1 Å². The van der Waals surface area contributed by atoms with E-state index in [-0.39, 0.29) is 4.90 Å². The Morgan fingerprint density at radius 3 is 2.46 bits per heavy atom.